The lowest BCUT2D eigenvalue weighted by atomic mass is 9.94. The van der Waals surface area contributed by atoms with Crippen LogP contribution in [0.5, 0.6) is 0 Å². The van der Waals surface area contributed by atoms with Gasteiger partial charge in [-0.2, -0.15) is 0 Å². The van der Waals surface area contributed by atoms with Gasteiger partial charge in [0.1, 0.15) is 0 Å². The Bertz CT molecular complexity index is 214. The second-order valence-corrected chi connectivity index (χ2v) is 4.03. The molecule has 3 nitrogen and oxygen atoms in total. The summed E-state index contributed by atoms with van der Waals surface area (Å²) in [6, 6.07) is 0. The molecule has 86 valence electrons. The topological polar surface area (TPSA) is 38.3 Å². The second kappa shape index (κ2) is 7.46. The molecule has 0 aromatic carbocycles. The van der Waals surface area contributed by atoms with Gasteiger partial charge < -0.3 is 10.1 Å². The molecule has 1 aliphatic rings. The van der Waals surface area contributed by atoms with Gasteiger partial charge in [-0.25, -0.2) is 0 Å². The summed E-state index contributed by atoms with van der Waals surface area (Å²) in [7, 11) is 1.43. The molecule has 0 saturated heterocycles. The lowest BCUT2D eigenvalue weighted by molar-refractivity contribution is -0.140. The molecule has 0 bridgehead atoms. The minimum absolute atomic E-state index is 0.114. The van der Waals surface area contributed by atoms with E-state index in [0.717, 1.165) is 25.4 Å². The third-order valence-corrected chi connectivity index (χ3v) is 2.77. The van der Waals surface area contributed by atoms with E-state index >= 15 is 0 Å². The van der Waals surface area contributed by atoms with E-state index < -0.39 is 0 Å². The van der Waals surface area contributed by atoms with Crippen LogP contribution < -0.4 is 5.32 Å². The Labute approximate surface area is 91.9 Å². The first kappa shape index (κ1) is 12.2. The Morgan fingerprint density at radius 2 is 2.40 bits per heavy atom. The molecule has 0 amide bonds. The molecule has 1 aliphatic carbocycles. The first-order valence-corrected chi connectivity index (χ1v) is 5.75. The fraction of sp³-hybridized carbons (Fsp3) is 0.750. The summed E-state index contributed by atoms with van der Waals surface area (Å²) in [5, 5.41) is 3.39. The summed E-state index contributed by atoms with van der Waals surface area (Å²) in [6.45, 7) is 1.99. The van der Waals surface area contributed by atoms with E-state index in [2.05, 4.69) is 22.2 Å². The number of rotatable bonds is 6. The molecule has 3 heteroatoms. The van der Waals surface area contributed by atoms with E-state index in [0.29, 0.717) is 6.42 Å². The molecule has 0 fully saturated rings. The van der Waals surface area contributed by atoms with E-state index in [1.807, 2.05) is 0 Å². The fourth-order valence-electron chi connectivity index (χ4n) is 1.81. The first-order valence-electron chi connectivity index (χ1n) is 5.75. The predicted octanol–water partition coefficient (Wildman–Crippen LogP) is 1.89. The normalized spacial score (nSPS) is 20.2. The van der Waals surface area contributed by atoms with Gasteiger partial charge in [-0.15, -0.1) is 0 Å². The van der Waals surface area contributed by atoms with Crippen molar-refractivity contribution < 1.29 is 9.53 Å². The fourth-order valence-corrected chi connectivity index (χ4v) is 1.81. The number of methoxy groups -OCH3 is 1. The number of hydrogen-bond acceptors (Lipinski definition) is 3. The number of carbonyl (C=O) groups is 1. The van der Waals surface area contributed by atoms with Gasteiger partial charge in [0, 0.05) is 6.42 Å². The second-order valence-electron chi connectivity index (χ2n) is 4.03. The highest BCUT2D eigenvalue weighted by Gasteiger charge is 2.08. The van der Waals surface area contributed by atoms with Crippen molar-refractivity contribution in [1.29, 1.82) is 0 Å². The van der Waals surface area contributed by atoms with Crippen LogP contribution in [-0.4, -0.2) is 26.2 Å². The first-order chi connectivity index (χ1) is 7.33. The number of allylic oxidation sites excluding steroid dienone is 2. The van der Waals surface area contributed by atoms with Gasteiger partial charge in [-0.3, -0.25) is 4.79 Å². The minimum Gasteiger partial charge on any atom is -0.469 e. The zero-order valence-corrected chi connectivity index (χ0v) is 9.50. The minimum atomic E-state index is -0.114. The monoisotopic (exact) mass is 211 g/mol. The molecular formula is C12H21NO2. The third kappa shape index (κ3) is 5.57. The number of hydrogen-bond donors (Lipinski definition) is 1. The van der Waals surface area contributed by atoms with Crippen molar-refractivity contribution in [3.63, 3.8) is 0 Å². The standard InChI is InChI=1S/C12H21NO2/c1-15-12(14)8-5-9-13-10-11-6-3-2-4-7-11/h2-3,11,13H,4-10H2,1H3. The average molecular weight is 211 g/mol. The highest BCUT2D eigenvalue weighted by Crippen LogP contribution is 2.16. The van der Waals surface area contributed by atoms with E-state index in [4.69, 9.17) is 0 Å². The van der Waals surface area contributed by atoms with Crippen LogP contribution in [0.2, 0.25) is 0 Å². The Hall–Kier alpha value is -0.830. The summed E-state index contributed by atoms with van der Waals surface area (Å²) < 4.78 is 4.57. The highest BCUT2D eigenvalue weighted by atomic mass is 16.5. The van der Waals surface area contributed by atoms with Crippen LogP contribution in [0, 0.1) is 5.92 Å². The van der Waals surface area contributed by atoms with Gasteiger partial charge in [0.15, 0.2) is 0 Å². The largest absolute Gasteiger partial charge is 0.469 e. The van der Waals surface area contributed by atoms with Gasteiger partial charge in [0.25, 0.3) is 0 Å². The average Bonchev–Trinajstić information content (AvgIpc) is 2.29. The molecule has 0 heterocycles. The van der Waals surface area contributed by atoms with Crippen molar-refractivity contribution in [3.05, 3.63) is 12.2 Å². The Morgan fingerprint density at radius 3 is 3.07 bits per heavy atom. The van der Waals surface area contributed by atoms with Crippen LogP contribution in [0.25, 0.3) is 0 Å². The van der Waals surface area contributed by atoms with E-state index in [9.17, 15) is 4.79 Å². The number of ether oxygens (including phenoxy) is 1. The van der Waals surface area contributed by atoms with Crippen molar-refractivity contribution in [2.75, 3.05) is 20.2 Å². The Balaban J connectivity index is 1.92. The number of nitrogens with one attached hydrogen (secondary N) is 1. The van der Waals surface area contributed by atoms with Crippen LogP contribution in [0.15, 0.2) is 12.2 Å². The molecule has 0 saturated carbocycles. The zero-order chi connectivity index (χ0) is 10.9. The van der Waals surface area contributed by atoms with Gasteiger partial charge in [0.2, 0.25) is 0 Å². The molecular weight excluding hydrogens is 190 g/mol. The summed E-state index contributed by atoms with van der Waals surface area (Å²) in [5.74, 6) is 0.672. The molecule has 0 spiro atoms. The van der Waals surface area contributed by atoms with E-state index in [-0.39, 0.29) is 5.97 Å². The maximum atomic E-state index is 10.8. The summed E-state index contributed by atoms with van der Waals surface area (Å²) in [6.07, 6.45) is 9.63. The molecule has 0 radical (unpaired) electrons. The number of carbonyl (C=O) groups excluding carboxylic acids is 1. The lowest BCUT2D eigenvalue weighted by Gasteiger charge is -2.17. The van der Waals surface area contributed by atoms with Gasteiger partial charge in [-0.05, 0) is 44.7 Å². The molecule has 1 atom stereocenters. The molecule has 1 unspecified atom stereocenters. The quantitative estimate of drug-likeness (QED) is 0.414. The van der Waals surface area contributed by atoms with Crippen LogP contribution in [0.3, 0.4) is 0 Å². The van der Waals surface area contributed by atoms with Crippen LogP contribution in [0.4, 0.5) is 0 Å². The molecule has 0 aromatic heterocycles. The smallest absolute Gasteiger partial charge is 0.305 e. The van der Waals surface area contributed by atoms with Crippen molar-refractivity contribution >= 4 is 5.97 Å². The van der Waals surface area contributed by atoms with E-state index in [1.54, 1.807) is 0 Å². The summed E-state index contributed by atoms with van der Waals surface area (Å²) in [5.41, 5.74) is 0. The van der Waals surface area contributed by atoms with Gasteiger partial charge in [0.05, 0.1) is 7.11 Å². The predicted molar refractivity (Wildman–Crippen MR) is 60.6 cm³/mol. The van der Waals surface area contributed by atoms with Crippen molar-refractivity contribution in [3.8, 4) is 0 Å². The maximum Gasteiger partial charge on any atom is 0.305 e. The molecule has 15 heavy (non-hydrogen) atoms. The Morgan fingerprint density at radius 1 is 1.53 bits per heavy atom. The molecule has 1 rings (SSSR count). The zero-order valence-electron chi connectivity index (χ0n) is 9.50. The van der Waals surface area contributed by atoms with Crippen LogP contribution in [-0.2, 0) is 9.53 Å². The molecule has 0 aromatic rings. The van der Waals surface area contributed by atoms with Crippen LogP contribution in [0.1, 0.15) is 32.1 Å². The molecule has 1 N–H and O–H groups in total. The summed E-state index contributed by atoms with van der Waals surface area (Å²) in [4.78, 5) is 10.8. The van der Waals surface area contributed by atoms with Gasteiger partial charge >= 0.3 is 5.97 Å². The third-order valence-electron chi connectivity index (χ3n) is 2.77. The highest BCUT2D eigenvalue weighted by molar-refractivity contribution is 5.69. The molecule has 0 aliphatic heterocycles. The van der Waals surface area contributed by atoms with E-state index in [1.165, 1.54) is 26.4 Å². The lowest BCUT2D eigenvalue weighted by Crippen LogP contribution is -2.24. The maximum absolute atomic E-state index is 10.8. The van der Waals surface area contributed by atoms with Crippen molar-refractivity contribution in [2.45, 2.75) is 32.1 Å². The Kier molecular flexibility index (Phi) is 6.09. The van der Waals surface area contributed by atoms with Crippen molar-refractivity contribution in [2.24, 2.45) is 5.92 Å². The van der Waals surface area contributed by atoms with Crippen LogP contribution >= 0.6 is 0 Å². The van der Waals surface area contributed by atoms with Gasteiger partial charge in [-0.1, -0.05) is 12.2 Å². The summed E-state index contributed by atoms with van der Waals surface area (Å²) >= 11 is 0. The SMILES string of the molecule is COC(=O)CCCNCC1CC=CCC1. The number of esters is 1. The van der Waals surface area contributed by atoms with Crippen molar-refractivity contribution in [1.82, 2.24) is 5.32 Å².